The summed E-state index contributed by atoms with van der Waals surface area (Å²) in [5.41, 5.74) is 0. The monoisotopic (exact) mass is 769 g/mol. The summed E-state index contributed by atoms with van der Waals surface area (Å²) in [5.74, 6) is 6.28. The summed E-state index contributed by atoms with van der Waals surface area (Å²) in [6.07, 6.45) is 32.9. The van der Waals surface area contributed by atoms with Crippen molar-refractivity contribution in [2.45, 2.75) is 242 Å². The smallest absolute Gasteiger partial charge is 0.168 e. The van der Waals surface area contributed by atoms with E-state index >= 15 is 0 Å². The molecule has 318 valence electrons. The average Bonchev–Trinajstić information content (AvgIpc) is 3.47. The Hall–Kier alpha value is -0.130. The van der Waals surface area contributed by atoms with Gasteiger partial charge in [-0.3, -0.25) is 0 Å². The summed E-state index contributed by atoms with van der Waals surface area (Å²) in [4.78, 5) is 0. The van der Waals surface area contributed by atoms with Crippen LogP contribution in [0.5, 0.6) is 0 Å². The number of hydrogen-bond acceptors (Lipinski definition) is 4. The lowest BCUT2D eigenvalue weighted by Gasteiger charge is -2.31. The molecule has 5 heteroatoms. The van der Waals surface area contributed by atoms with Gasteiger partial charge in [0.2, 0.25) is 0 Å². The van der Waals surface area contributed by atoms with Gasteiger partial charge in [-0.15, -0.1) is 0 Å². The third-order valence-electron chi connectivity index (χ3n) is 12.8. The van der Waals surface area contributed by atoms with Crippen molar-refractivity contribution < 1.29 is 17.9 Å². The Kier molecular flexibility index (Phi) is 28.0. The molecule has 7 atom stereocenters. The van der Waals surface area contributed by atoms with Crippen molar-refractivity contribution >= 4 is 9.84 Å². The first-order valence-electron chi connectivity index (χ1n) is 23.5. The molecule has 0 spiro atoms. The molecule has 0 aromatic heterocycles. The van der Waals surface area contributed by atoms with Crippen LogP contribution in [0.2, 0.25) is 0 Å². The number of unbranched alkanes of at least 4 members (excludes halogenated alkanes) is 1. The van der Waals surface area contributed by atoms with E-state index < -0.39 is 15.6 Å². The maximum atomic E-state index is 11.6. The molecule has 0 aliphatic carbocycles. The minimum absolute atomic E-state index is 0.0951. The topological polar surface area (TPSA) is 52.6 Å². The molecule has 1 aliphatic heterocycles. The molecule has 0 aromatic carbocycles. The van der Waals surface area contributed by atoms with Crippen molar-refractivity contribution in [3.05, 3.63) is 0 Å². The summed E-state index contributed by atoms with van der Waals surface area (Å²) in [6.45, 7) is 24.8. The van der Waals surface area contributed by atoms with Crippen LogP contribution in [0.25, 0.3) is 0 Å². The van der Waals surface area contributed by atoms with Gasteiger partial charge in [-0.05, 0) is 79.4 Å². The van der Waals surface area contributed by atoms with Crippen molar-refractivity contribution in [3.8, 4) is 0 Å². The van der Waals surface area contributed by atoms with E-state index in [0.717, 1.165) is 74.0 Å². The van der Waals surface area contributed by atoms with Crippen LogP contribution in [0.4, 0.5) is 0 Å². The molecule has 1 heterocycles. The first-order chi connectivity index (χ1) is 25.0. The molecule has 0 saturated carbocycles. The van der Waals surface area contributed by atoms with Crippen LogP contribution < -0.4 is 0 Å². The van der Waals surface area contributed by atoms with Crippen molar-refractivity contribution in [1.29, 1.82) is 0 Å². The highest BCUT2D eigenvalue weighted by molar-refractivity contribution is 7.90. The lowest BCUT2D eigenvalue weighted by atomic mass is 9.88. The first kappa shape index (κ1) is 50.9. The van der Waals surface area contributed by atoms with E-state index in [1.807, 2.05) is 0 Å². The fourth-order valence-corrected chi connectivity index (χ4v) is 9.42. The lowest BCUT2D eigenvalue weighted by Crippen LogP contribution is -2.32. The Labute approximate surface area is 334 Å². The molecule has 0 bridgehead atoms. The van der Waals surface area contributed by atoms with Crippen LogP contribution in [0.1, 0.15) is 230 Å². The van der Waals surface area contributed by atoms with Gasteiger partial charge in [0.25, 0.3) is 0 Å². The fourth-order valence-electron chi connectivity index (χ4n) is 8.69. The van der Waals surface area contributed by atoms with Gasteiger partial charge in [0.05, 0.1) is 12.7 Å². The molecule has 0 radical (unpaired) electrons. The van der Waals surface area contributed by atoms with Crippen molar-refractivity contribution in [3.63, 3.8) is 0 Å². The number of sulfone groups is 1. The van der Waals surface area contributed by atoms with Gasteiger partial charge < -0.3 is 9.47 Å². The van der Waals surface area contributed by atoms with Crippen molar-refractivity contribution in [1.82, 2.24) is 0 Å². The number of ether oxygens (including phenoxy) is 2. The summed E-state index contributed by atoms with van der Waals surface area (Å²) in [5, 5.41) is 0. The minimum atomic E-state index is -2.91. The third kappa shape index (κ3) is 28.8. The van der Waals surface area contributed by atoms with Gasteiger partial charge in [-0.25, -0.2) is 8.42 Å². The zero-order chi connectivity index (χ0) is 39.7. The second-order valence-corrected chi connectivity index (χ2v) is 22.4. The molecule has 1 saturated heterocycles. The number of hydrogen-bond donors (Lipinski definition) is 0. The molecule has 0 amide bonds. The standard InChI is InChI=1S/C48H96O4S/c1-39(2)20-14-22-41(5)24-16-26-43(7)28-18-30-45(9)33-35-48(51-38-47(52-48)32-12-13-37-53(11,49)50)36-34-46(10)31-19-29-44(8)27-17-25-42(6)23-15-21-40(3)4/h39-47H,12-38H2,1-11H3. The molecule has 1 aliphatic rings. The second kappa shape index (κ2) is 29.1. The van der Waals surface area contributed by atoms with Crippen LogP contribution in [0.15, 0.2) is 0 Å². The normalized spacial score (nSPS) is 21.6. The highest BCUT2D eigenvalue weighted by Gasteiger charge is 2.41. The Morgan fingerprint density at radius 1 is 0.472 bits per heavy atom. The van der Waals surface area contributed by atoms with E-state index in [9.17, 15) is 8.42 Å². The van der Waals surface area contributed by atoms with Crippen molar-refractivity contribution in [2.24, 2.45) is 47.3 Å². The van der Waals surface area contributed by atoms with Crippen LogP contribution in [-0.2, 0) is 19.3 Å². The van der Waals surface area contributed by atoms with Gasteiger partial charge >= 0.3 is 0 Å². The van der Waals surface area contributed by atoms with Gasteiger partial charge in [0.15, 0.2) is 5.79 Å². The molecule has 53 heavy (non-hydrogen) atoms. The molecule has 7 unspecified atom stereocenters. The van der Waals surface area contributed by atoms with Gasteiger partial charge in [-0.2, -0.15) is 0 Å². The summed E-state index contributed by atoms with van der Waals surface area (Å²) in [6, 6.07) is 0. The quantitative estimate of drug-likeness (QED) is 0.0603. The van der Waals surface area contributed by atoms with Crippen LogP contribution in [0.3, 0.4) is 0 Å². The van der Waals surface area contributed by atoms with E-state index in [4.69, 9.17) is 9.47 Å². The molecular weight excluding hydrogens is 673 g/mol. The third-order valence-corrected chi connectivity index (χ3v) is 13.8. The van der Waals surface area contributed by atoms with Gasteiger partial charge in [0, 0.05) is 24.9 Å². The zero-order valence-corrected chi connectivity index (χ0v) is 38.6. The van der Waals surface area contributed by atoms with E-state index in [1.54, 1.807) is 0 Å². The maximum absolute atomic E-state index is 11.6. The van der Waals surface area contributed by atoms with E-state index in [2.05, 4.69) is 69.2 Å². The predicted octanol–water partition coefficient (Wildman–Crippen LogP) is 15.0. The summed E-state index contributed by atoms with van der Waals surface area (Å²) >= 11 is 0. The molecule has 0 aromatic rings. The van der Waals surface area contributed by atoms with Crippen LogP contribution >= 0.6 is 0 Å². The molecule has 4 nitrogen and oxygen atoms in total. The Bertz CT molecular complexity index is 913. The molecule has 0 N–H and O–H groups in total. The highest BCUT2D eigenvalue weighted by Crippen LogP contribution is 2.38. The molecule has 1 fully saturated rings. The molecular formula is C48H96O4S. The first-order valence-corrected chi connectivity index (χ1v) is 25.5. The summed E-state index contributed by atoms with van der Waals surface area (Å²) < 4.78 is 36.7. The van der Waals surface area contributed by atoms with E-state index in [1.165, 1.54) is 122 Å². The molecule has 1 rings (SSSR count). The minimum Gasteiger partial charge on any atom is -0.347 e. The summed E-state index contributed by atoms with van der Waals surface area (Å²) in [7, 11) is -2.91. The van der Waals surface area contributed by atoms with E-state index in [0.29, 0.717) is 24.9 Å². The largest absolute Gasteiger partial charge is 0.347 e. The lowest BCUT2D eigenvalue weighted by molar-refractivity contribution is -0.182. The number of rotatable bonds is 35. The van der Waals surface area contributed by atoms with Crippen LogP contribution in [-0.4, -0.2) is 38.9 Å². The van der Waals surface area contributed by atoms with Crippen LogP contribution in [0, 0.1) is 47.3 Å². The Morgan fingerprint density at radius 2 is 0.792 bits per heavy atom. The average molecular weight is 769 g/mol. The van der Waals surface area contributed by atoms with Gasteiger partial charge in [-0.1, -0.05) is 185 Å². The highest BCUT2D eigenvalue weighted by atomic mass is 32.2. The van der Waals surface area contributed by atoms with Gasteiger partial charge in [0.1, 0.15) is 9.84 Å². The van der Waals surface area contributed by atoms with Crippen molar-refractivity contribution in [2.75, 3.05) is 18.6 Å². The SMILES string of the molecule is CC(C)CCCC(C)CCCC(C)CCCC(C)CCC1(CCC(C)CCCC(C)CCCC(C)CCCC(C)C)OCC(CCCCS(C)(=O)=O)O1. The fraction of sp³-hybridized carbons (Fsp3) is 1.00. The Balaban J connectivity index is 2.47. The Morgan fingerprint density at radius 3 is 1.11 bits per heavy atom. The van der Waals surface area contributed by atoms with E-state index in [-0.39, 0.29) is 11.9 Å². The zero-order valence-electron chi connectivity index (χ0n) is 37.8. The maximum Gasteiger partial charge on any atom is 0.168 e. The predicted molar refractivity (Wildman–Crippen MR) is 233 cm³/mol. The second-order valence-electron chi connectivity index (χ2n) is 20.2.